The monoisotopic (exact) mass is 204 g/mol. The van der Waals surface area contributed by atoms with E-state index in [4.69, 9.17) is 14.6 Å². The molecule has 1 aliphatic heterocycles. The predicted octanol–water partition coefficient (Wildman–Crippen LogP) is 0.312. The van der Waals surface area contributed by atoms with Crippen LogP contribution in [0, 0.1) is 0 Å². The summed E-state index contributed by atoms with van der Waals surface area (Å²) in [6, 6.07) is 0. The Morgan fingerprint density at radius 1 is 1.50 bits per heavy atom. The molecule has 14 heavy (non-hydrogen) atoms. The average molecular weight is 204 g/mol. The van der Waals surface area contributed by atoms with Gasteiger partial charge in [0, 0.05) is 13.0 Å². The molecule has 0 bridgehead atoms. The fourth-order valence-corrected chi connectivity index (χ4v) is 1.73. The van der Waals surface area contributed by atoms with Crippen molar-refractivity contribution in [2.75, 3.05) is 13.2 Å². The second-order valence-corrected chi connectivity index (χ2v) is 3.80. The second-order valence-electron chi connectivity index (χ2n) is 3.80. The topological polar surface area (TPSA) is 58.9 Å². The van der Waals surface area contributed by atoms with Crippen LogP contribution in [0.15, 0.2) is 0 Å². The van der Waals surface area contributed by atoms with Crippen molar-refractivity contribution in [3.8, 4) is 0 Å². The van der Waals surface area contributed by atoms with Crippen molar-refractivity contribution in [1.82, 2.24) is 0 Å². The number of hydrogen-bond acceptors (Lipinski definition) is 4. The molecule has 1 rings (SSSR count). The van der Waals surface area contributed by atoms with Gasteiger partial charge in [0.1, 0.15) is 12.2 Å². The van der Waals surface area contributed by atoms with Gasteiger partial charge < -0.3 is 19.7 Å². The lowest BCUT2D eigenvalue weighted by Crippen LogP contribution is -2.50. The molecule has 4 nitrogen and oxygen atoms in total. The van der Waals surface area contributed by atoms with E-state index < -0.39 is 12.2 Å². The smallest absolute Gasteiger partial charge is 0.109 e. The van der Waals surface area contributed by atoms with Crippen molar-refractivity contribution in [3.63, 3.8) is 0 Å². The summed E-state index contributed by atoms with van der Waals surface area (Å²) in [5.74, 6) is 0. The second kappa shape index (κ2) is 5.66. The summed E-state index contributed by atoms with van der Waals surface area (Å²) in [4.78, 5) is 0. The average Bonchev–Trinajstić information content (AvgIpc) is 2.18. The minimum atomic E-state index is -0.706. The highest BCUT2D eigenvalue weighted by atomic mass is 16.5. The van der Waals surface area contributed by atoms with Crippen molar-refractivity contribution in [3.05, 3.63) is 0 Å². The molecule has 84 valence electrons. The molecule has 0 aromatic carbocycles. The standard InChI is InChI=1S/C10H20O4/c1-3-4-13-8-5-7(2)14-9(6-11)10(8)12/h7-12H,3-6H2,1-2H3. The Bertz CT molecular complexity index is 162. The Morgan fingerprint density at radius 3 is 2.79 bits per heavy atom. The molecule has 0 radical (unpaired) electrons. The van der Waals surface area contributed by atoms with Gasteiger partial charge >= 0.3 is 0 Å². The summed E-state index contributed by atoms with van der Waals surface area (Å²) in [5.41, 5.74) is 0. The first-order valence-electron chi connectivity index (χ1n) is 5.25. The van der Waals surface area contributed by atoms with E-state index in [0.29, 0.717) is 13.0 Å². The van der Waals surface area contributed by atoms with E-state index in [0.717, 1.165) is 6.42 Å². The molecular weight excluding hydrogens is 184 g/mol. The third kappa shape index (κ3) is 2.92. The zero-order chi connectivity index (χ0) is 10.6. The Hall–Kier alpha value is -0.160. The summed E-state index contributed by atoms with van der Waals surface area (Å²) < 4.78 is 10.9. The minimum absolute atomic E-state index is 0.0393. The number of hydrogen-bond donors (Lipinski definition) is 2. The largest absolute Gasteiger partial charge is 0.394 e. The third-order valence-corrected chi connectivity index (χ3v) is 2.45. The van der Waals surface area contributed by atoms with Crippen LogP contribution in [0.5, 0.6) is 0 Å². The molecular formula is C10H20O4. The Kier molecular flexibility index (Phi) is 4.81. The quantitative estimate of drug-likeness (QED) is 0.692. The maximum atomic E-state index is 9.76. The van der Waals surface area contributed by atoms with Gasteiger partial charge in [-0.15, -0.1) is 0 Å². The van der Waals surface area contributed by atoms with Gasteiger partial charge in [-0.2, -0.15) is 0 Å². The van der Waals surface area contributed by atoms with Crippen LogP contribution >= 0.6 is 0 Å². The number of aliphatic hydroxyl groups is 2. The van der Waals surface area contributed by atoms with Gasteiger partial charge in [0.2, 0.25) is 0 Å². The molecule has 1 fully saturated rings. The lowest BCUT2D eigenvalue weighted by Gasteiger charge is -2.37. The van der Waals surface area contributed by atoms with Gasteiger partial charge in [0.15, 0.2) is 0 Å². The first-order valence-corrected chi connectivity index (χ1v) is 5.25. The van der Waals surface area contributed by atoms with Gasteiger partial charge in [-0.25, -0.2) is 0 Å². The normalized spacial score (nSPS) is 38.6. The van der Waals surface area contributed by atoms with Crippen molar-refractivity contribution < 1.29 is 19.7 Å². The molecule has 1 saturated heterocycles. The van der Waals surface area contributed by atoms with Crippen LogP contribution < -0.4 is 0 Å². The zero-order valence-electron chi connectivity index (χ0n) is 8.85. The summed E-state index contributed by atoms with van der Waals surface area (Å²) in [7, 11) is 0. The van der Waals surface area contributed by atoms with Crippen LogP contribution in [0.4, 0.5) is 0 Å². The summed E-state index contributed by atoms with van der Waals surface area (Å²) >= 11 is 0. The Labute approximate surface area is 84.8 Å². The van der Waals surface area contributed by atoms with E-state index in [-0.39, 0.29) is 18.8 Å². The first-order chi connectivity index (χ1) is 6.69. The van der Waals surface area contributed by atoms with Crippen molar-refractivity contribution in [2.45, 2.75) is 51.1 Å². The van der Waals surface area contributed by atoms with Crippen molar-refractivity contribution in [1.29, 1.82) is 0 Å². The number of ether oxygens (including phenoxy) is 2. The minimum Gasteiger partial charge on any atom is -0.394 e. The van der Waals surface area contributed by atoms with Crippen molar-refractivity contribution in [2.24, 2.45) is 0 Å². The molecule has 0 aromatic rings. The lowest BCUT2D eigenvalue weighted by molar-refractivity contribution is -0.189. The number of rotatable bonds is 4. The van der Waals surface area contributed by atoms with Crippen LogP contribution in [-0.4, -0.2) is 47.8 Å². The molecule has 0 aromatic heterocycles. The Balaban J connectivity index is 2.46. The molecule has 1 heterocycles. The van der Waals surface area contributed by atoms with E-state index >= 15 is 0 Å². The third-order valence-electron chi connectivity index (χ3n) is 2.45. The lowest BCUT2D eigenvalue weighted by atomic mass is 9.99. The van der Waals surface area contributed by atoms with E-state index in [1.165, 1.54) is 0 Å². The van der Waals surface area contributed by atoms with Crippen LogP contribution in [-0.2, 0) is 9.47 Å². The van der Waals surface area contributed by atoms with Gasteiger partial charge in [-0.1, -0.05) is 6.92 Å². The highest BCUT2D eigenvalue weighted by Crippen LogP contribution is 2.22. The van der Waals surface area contributed by atoms with Gasteiger partial charge in [-0.05, 0) is 13.3 Å². The fraction of sp³-hybridized carbons (Fsp3) is 1.00. The molecule has 4 heteroatoms. The summed E-state index contributed by atoms with van der Waals surface area (Å²) in [5, 5.41) is 18.7. The summed E-state index contributed by atoms with van der Waals surface area (Å²) in [6.45, 7) is 4.44. The van der Waals surface area contributed by atoms with E-state index in [2.05, 4.69) is 0 Å². The van der Waals surface area contributed by atoms with Gasteiger partial charge in [0.05, 0.1) is 18.8 Å². The van der Waals surface area contributed by atoms with Crippen LogP contribution in [0.25, 0.3) is 0 Å². The maximum Gasteiger partial charge on any atom is 0.109 e. The fourth-order valence-electron chi connectivity index (χ4n) is 1.73. The molecule has 0 amide bonds. The highest BCUT2D eigenvalue weighted by molar-refractivity contribution is 4.84. The van der Waals surface area contributed by atoms with Gasteiger partial charge in [-0.3, -0.25) is 0 Å². The molecule has 4 atom stereocenters. The predicted molar refractivity (Wildman–Crippen MR) is 52.1 cm³/mol. The highest BCUT2D eigenvalue weighted by Gasteiger charge is 2.36. The van der Waals surface area contributed by atoms with Crippen LogP contribution in [0.1, 0.15) is 26.7 Å². The van der Waals surface area contributed by atoms with Crippen LogP contribution in [0.2, 0.25) is 0 Å². The van der Waals surface area contributed by atoms with Crippen LogP contribution in [0.3, 0.4) is 0 Å². The molecule has 0 saturated carbocycles. The molecule has 0 aliphatic carbocycles. The molecule has 1 aliphatic rings. The summed E-state index contributed by atoms with van der Waals surface area (Å²) in [6.07, 6.45) is 0.261. The first kappa shape index (κ1) is 11.9. The SMILES string of the molecule is CCCOC1CC(C)OC(CO)C1O. The molecule has 4 unspecified atom stereocenters. The number of aliphatic hydroxyl groups excluding tert-OH is 2. The maximum absolute atomic E-state index is 9.76. The molecule has 0 spiro atoms. The van der Waals surface area contributed by atoms with E-state index in [1.807, 2.05) is 13.8 Å². The van der Waals surface area contributed by atoms with E-state index in [1.54, 1.807) is 0 Å². The van der Waals surface area contributed by atoms with Gasteiger partial charge in [0.25, 0.3) is 0 Å². The zero-order valence-corrected chi connectivity index (χ0v) is 8.85. The van der Waals surface area contributed by atoms with E-state index in [9.17, 15) is 5.11 Å². The van der Waals surface area contributed by atoms with Crippen molar-refractivity contribution >= 4 is 0 Å². The Morgan fingerprint density at radius 2 is 2.21 bits per heavy atom. The molecule has 2 N–H and O–H groups in total.